The van der Waals surface area contributed by atoms with Gasteiger partial charge in [-0.25, -0.2) is 4.68 Å². The van der Waals surface area contributed by atoms with Gasteiger partial charge in [0, 0.05) is 19.4 Å². The number of amides is 2. The van der Waals surface area contributed by atoms with Crippen molar-refractivity contribution in [1.82, 2.24) is 9.78 Å². The van der Waals surface area contributed by atoms with Crippen LogP contribution in [0.1, 0.15) is 17.0 Å². The van der Waals surface area contributed by atoms with Gasteiger partial charge in [0.15, 0.2) is 5.69 Å². The summed E-state index contributed by atoms with van der Waals surface area (Å²) in [6.07, 6.45) is 0.992. The van der Waals surface area contributed by atoms with Gasteiger partial charge >= 0.3 is 6.55 Å². The minimum atomic E-state index is -2.85. The van der Waals surface area contributed by atoms with Gasteiger partial charge in [-0.1, -0.05) is 0 Å². The molecule has 0 aliphatic carbocycles. The van der Waals surface area contributed by atoms with Crippen LogP contribution in [0.2, 0.25) is 0 Å². The Morgan fingerprint density at radius 1 is 1.20 bits per heavy atom. The van der Waals surface area contributed by atoms with E-state index in [1.807, 2.05) is 0 Å². The summed E-state index contributed by atoms with van der Waals surface area (Å²) >= 11 is 0. The molecular formula is C15H16F2N4O4. The van der Waals surface area contributed by atoms with E-state index in [0.717, 1.165) is 12.3 Å². The Morgan fingerprint density at radius 3 is 2.56 bits per heavy atom. The van der Waals surface area contributed by atoms with Gasteiger partial charge in [-0.2, -0.15) is 13.9 Å². The number of nitrogens with one attached hydrogen (secondary N) is 2. The first-order chi connectivity index (χ1) is 11.9. The van der Waals surface area contributed by atoms with Crippen molar-refractivity contribution in [1.29, 1.82) is 0 Å². The third kappa shape index (κ3) is 4.73. The first kappa shape index (κ1) is 18.3. The van der Waals surface area contributed by atoms with Crippen LogP contribution in [0, 0.1) is 0 Å². The first-order valence-electron chi connectivity index (χ1n) is 7.06. The lowest BCUT2D eigenvalue weighted by molar-refractivity contribution is -0.119. The molecule has 25 heavy (non-hydrogen) atoms. The van der Waals surface area contributed by atoms with E-state index in [9.17, 15) is 18.4 Å². The number of hydrogen-bond acceptors (Lipinski definition) is 5. The molecule has 0 saturated carbocycles. The van der Waals surface area contributed by atoms with Crippen LogP contribution in [0.4, 0.5) is 20.2 Å². The van der Waals surface area contributed by atoms with Crippen molar-refractivity contribution in [3.05, 3.63) is 36.2 Å². The molecule has 2 amide bonds. The van der Waals surface area contributed by atoms with Gasteiger partial charge < -0.3 is 20.1 Å². The Hall–Kier alpha value is -3.01. The average Bonchev–Trinajstić information content (AvgIpc) is 3.07. The highest BCUT2D eigenvalue weighted by Gasteiger charge is 2.16. The van der Waals surface area contributed by atoms with Crippen LogP contribution >= 0.6 is 0 Å². The maximum absolute atomic E-state index is 12.5. The summed E-state index contributed by atoms with van der Waals surface area (Å²) in [7, 11) is 2.81. The summed E-state index contributed by atoms with van der Waals surface area (Å²) < 4.78 is 35.3. The van der Waals surface area contributed by atoms with Crippen molar-refractivity contribution >= 4 is 23.2 Å². The number of ether oxygens (including phenoxy) is 2. The summed E-state index contributed by atoms with van der Waals surface area (Å²) in [4.78, 5) is 23.9. The van der Waals surface area contributed by atoms with Crippen molar-refractivity contribution < 1.29 is 27.8 Å². The average molecular weight is 354 g/mol. The van der Waals surface area contributed by atoms with Crippen molar-refractivity contribution in [2.75, 3.05) is 31.5 Å². The lowest BCUT2D eigenvalue weighted by Crippen LogP contribution is -2.20. The molecule has 0 aliphatic rings. The zero-order chi connectivity index (χ0) is 18.4. The van der Waals surface area contributed by atoms with Crippen molar-refractivity contribution in [2.24, 2.45) is 0 Å². The number of hydrogen-bond donors (Lipinski definition) is 2. The summed E-state index contributed by atoms with van der Waals surface area (Å²) in [5, 5.41) is 8.55. The predicted molar refractivity (Wildman–Crippen MR) is 84.9 cm³/mol. The first-order valence-corrected chi connectivity index (χ1v) is 7.06. The molecule has 0 saturated heterocycles. The summed E-state index contributed by atoms with van der Waals surface area (Å²) in [6, 6.07) is 5.75. The number of carbonyl (C=O) groups is 2. The minimum absolute atomic E-state index is 0.168. The number of methoxy groups -OCH3 is 2. The highest BCUT2D eigenvalue weighted by atomic mass is 19.3. The Labute approximate surface area is 141 Å². The number of alkyl halides is 2. The fourth-order valence-corrected chi connectivity index (χ4v) is 1.93. The molecule has 2 rings (SSSR count). The number of benzene rings is 1. The molecule has 0 aliphatic heterocycles. The van der Waals surface area contributed by atoms with E-state index in [-0.39, 0.29) is 18.0 Å². The normalized spacial score (nSPS) is 10.6. The second kappa shape index (κ2) is 8.20. The van der Waals surface area contributed by atoms with Crippen LogP contribution in [0.3, 0.4) is 0 Å². The molecule has 134 valence electrons. The molecule has 8 nitrogen and oxygen atoms in total. The Bertz CT molecular complexity index is 764. The molecule has 0 unspecified atom stereocenters. The molecule has 1 aromatic carbocycles. The molecule has 2 aromatic rings. The van der Waals surface area contributed by atoms with Crippen LogP contribution in [0.25, 0.3) is 0 Å². The SMILES string of the molecule is COCC(=O)Nc1ccc(OC)cc1NC(=O)c1ccn(C(F)F)n1. The second-order valence-corrected chi connectivity index (χ2v) is 4.81. The Morgan fingerprint density at radius 2 is 1.96 bits per heavy atom. The lowest BCUT2D eigenvalue weighted by Gasteiger charge is -2.13. The van der Waals surface area contributed by atoms with E-state index < -0.39 is 18.4 Å². The van der Waals surface area contributed by atoms with Crippen LogP contribution in [0.15, 0.2) is 30.5 Å². The van der Waals surface area contributed by atoms with E-state index in [2.05, 4.69) is 15.7 Å². The molecule has 0 spiro atoms. The van der Waals surface area contributed by atoms with Crippen LogP contribution < -0.4 is 15.4 Å². The van der Waals surface area contributed by atoms with Gasteiger partial charge in [0.25, 0.3) is 5.91 Å². The number of nitrogens with zero attached hydrogens (tertiary/aromatic N) is 2. The van der Waals surface area contributed by atoms with E-state index in [4.69, 9.17) is 9.47 Å². The maximum Gasteiger partial charge on any atom is 0.333 e. The molecule has 2 N–H and O–H groups in total. The summed E-state index contributed by atoms with van der Waals surface area (Å²) in [5.41, 5.74) is 0.321. The third-order valence-electron chi connectivity index (χ3n) is 3.07. The molecular weight excluding hydrogens is 338 g/mol. The highest BCUT2D eigenvalue weighted by Crippen LogP contribution is 2.27. The fourth-order valence-electron chi connectivity index (χ4n) is 1.93. The van der Waals surface area contributed by atoms with Crippen LogP contribution in [0.5, 0.6) is 5.75 Å². The highest BCUT2D eigenvalue weighted by molar-refractivity contribution is 6.06. The van der Waals surface area contributed by atoms with Crippen LogP contribution in [-0.2, 0) is 9.53 Å². The predicted octanol–water partition coefficient (Wildman–Crippen LogP) is 2.12. The third-order valence-corrected chi connectivity index (χ3v) is 3.07. The zero-order valence-corrected chi connectivity index (χ0v) is 13.5. The van der Waals surface area contributed by atoms with Crippen molar-refractivity contribution in [3.63, 3.8) is 0 Å². The maximum atomic E-state index is 12.5. The number of anilines is 2. The second-order valence-electron chi connectivity index (χ2n) is 4.81. The van der Waals surface area contributed by atoms with E-state index in [1.165, 1.54) is 26.4 Å². The lowest BCUT2D eigenvalue weighted by atomic mass is 10.2. The molecule has 1 aromatic heterocycles. The Kier molecular flexibility index (Phi) is 6.01. The fraction of sp³-hybridized carbons (Fsp3) is 0.267. The van der Waals surface area contributed by atoms with Crippen molar-refractivity contribution in [2.45, 2.75) is 6.55 Å². The van der Waals surface area contributed by atoms with Gasteiger partial charge in [-0.05, 0) is 18.2 Å². The number of aromatic nitrogens is 2. The molecule has 1 heterocycles. The van der Waals surface area contributed by atoms with Gasteiger partial charge in [0.2, 0.25) is 5.91 Å². The van der Waals surface area contributed by atoms with Gasteiger partial charge in [-0.3, -0.25) is 9.59 Å². The molecule has 0 bridgehead atoms. The molecule has 0 atom stereocenters. The monoisotopic (exact) mass is 354 g/mol. The van der Waals surface area contributed by atoms with E-state index in [1.54, 1.807) is 6.07 Å². The number of carbonyl (C=O) groups excluding carboxylic acids is 2. The standard InChI is InChI=1S/C15H16F2N4O4/c1-24-8-13(22)18-10-4-3-9(25-2)7-12(10)19-14(23)11-5-6-21(20-11)15(16)17/h3-7,15H,8H2,1-2H3,(H,18,22)(H,19,23). The zero-order valence-electron chi connectivity index (χ0n) is 13.5. The molecule has 0 radical (unpaired) electrons. The van der Waals surface area contributed by atoms with Gasteiger partial charge in [0.1, 0.15) is 12.4 Å². The molecule has 0 fully saturated rings. The minimum Gasteiger partial charge on any atom is -0.497 e. The Balaban J connectivity index is 2.22. The van der Waals surface area contributed by atoms with Gasteiger partial charge in [0.05, 0.1) is 18.5 Å². The quantitative estimate of drug-likeness (QED) is 0.794. The topological polar surface area (TPSA) is 94.5 Å². The van der Waals surface area contributed by atoms with E-state index >= 15 is 0 Å². The number of rotatable bonds is 7. The number of halogens is 2. The summed E-state index contributed by atoms with van der Waals surface area (Å²) in [5.74, 6) is -0.710. The van der Waals surface area contributed by atoms with Gasteiger partial charge in [-0.15, -0.1) is 0 Å². The summed E-state index contributed by atoms with van der Waals surface area (Å²) in [6.45, 7) is -3.01. The molecule has 10 heteroatoms. The largest absolute Gasteiger partial charge is 0.497 e. The van der Waals surface area contributed by atoms with Crippen molar-refractivity contribution in [3.8, 4) is 5.75 Å². The van der Waals surface area contributed by atoms with Crippen LogP contribution in [-0.4, -0.2) is 42.4 Å². The smallest absolute Gasteiger partial charge is 0.333 e. The van der Waals surface area contributed by atoms with E-state index in [0.29, 0.717) is 16.1 Å².